The zero-order chi connectivity index (χ0) is 17.1. The molecule has 1 aromatic carbocycles. The Kier molecular flexibility index (Phi) is 4.28. The molecule has 3 rings (SSSR count). The van der Waals surface area contributed by atoms with E-state index >= 15 is 0 Å². The van der Waals surface area contributed by atoms with Crippen molar-refractivity contribution < 1.29 is 14.4 Å². The quantitative estimate of drug-likeness (QED) is 0.675. The SMILES string of the molecule is Cc1cc(NC(=O)CCC2NC(=O)c3ccccc3NC2=O)n[nH]1. The molecule has 2 aromatic rings. The molecule has 0 bridgehead atoms. The Hall–Kier alpha value is -3.16. The number of carbonyl (C=O) groups excluding carboxylic acids is 3. The van der Waals surface area contributed by atoms with Crippen LogP contribution in [0.4, 0.5) is 11.5 Å². The number of rotatable bonds is 4. The van der Waals surface area contributed by atoms with Gasteiger partial charge in [-0.3, -0.25) is 19.5 Å². The lowest BCUT2D eigenvalue weighted by Crippen LogP contribution is -2.41. The van der Waals surface area contributed by atoms with Crippen molar-refractivity contribution in [2.24, 2.45) is 0 Å². The number of fused-ring (bicyclic) bond motifs is 1. The van der Waals surface area contributed by atoms with E-state index in [4.69, 9.17) is 0 Å². The smallest absolute Gasteiger partial charge is 0.254 e. The van der Waals surface area contributed by atoms with Crippen LogP contribution in [0.1, 0.15) is 28.9 Å². The van der Waals surface area contributed by atoms with Crippen LogP contribution in [0.3, 0.4) is 0 Å². The molecule has 1 aromatic heterocycles. The monoisotopic (exact) mass is 327 g/mol. The average molecular weight is 327 g/mol. The van der Waals surface area contributed by atoms with Crippen LogP contribution >= 0.6 is 0 Å². The number of nitrogens with one attached hydrogen (secondary N) is 4. The molecule has 0 radical (unpaired) electrons. The van der Waals surface area contributed by atoms with Crippen LogP contribution in [0, 0.1) is 6.92 Å². The van der Waals surface area contributed by atoms with Crippen LogP contribution in [0.15, 0.2) is 30.3 Å². The summed E-state index contributed by atoms with van der Waals surface area (Å²) in [6, 6.07) is 7.71. The van der Waals surface area contributed by atoms with Crippen LogP contribution in [0.5, 0.6) is 0 Å². The van der Waals surface area contributed by atoms with Gasteiger partial charge in [-0.2, -0.15) is 5.10 Å². The normalized spacial score (nSPS) is 16.6. The van der Waals surface area contributed by atoms with E-state index in [2.05, 4.69) is 26.1 Å². The Morgan fingerprint density at radius 2 is 2.08 bits per heavy atom. The van der Waals surface area contributed by atoms with Crippen molar-refractivity contribution in [3.05, 3.63) is 41.6 Å². The molecule has 0 spiro atoms. The van der Waals surface area contributed by atoms with E-state index in [1.807, 2.05) is 6.92 Å². The predicted octanol–water partition coefficient (Wildman–Crippen LogP) is 1.19. The Labute approximate surface area is 138 Å². The molecule has 24 heavy (non-hydrogen) atoms. The number of H-pyrrole nitrogens is 1. The molecule has 1 aliphatic heterocycles. The third-order valence-corrected chi connectivity index (χ3v) is 3.68. The highest BCUT2D eigenvalue weighted by molar-refractivity contribution is 6.09. The van der Waals surface area contributed by atoms with Gasteiger partial charge in [-0.05, 0) is 25.5 Å². The predicted molar refractivity (Wildman–Crippen MR) is 87.5 cm³/mol. The number of para-hydroxylation sites is 1. The Balaban J connectivity index is 1.60. The van der Waals surface area contributed by atoms with Crippen LogP contribution in [-0.4, -0.2) is 34.0 Å². The lowest BCUT2D eigenvalue weighted by atomic mass is 10.1. The molecule has 0 fully saturated rings. The minimum atomic E-state index is -0.767. The molecule has 4 N–H and O–H groups in total. The molecule has 2 heterocycles. The third-order valence-electron chi connectivity index (χ3n) is 3.68. The van der Waals surface area contributed by atoms with Gasteiger partial charge in [0.2, 0.25) is 11.8 Å². The fourth-order valence-electron chi connectivity index (χ4n) is 2.48. The molecule has 0 aliphatic carbocycles. The number of aryl methyl sites for hydroxylation is 1. The van der Waals surface area contributed by atoms with Crippen molar-refractivity contribution in [1.29, 1.82) is 0 Å². The molecule has 8 nitrogen and oxygen atoms in total. The highest BCUT2D eigenvalue weighted by Gasteiger charge is 2.27. The molecule has 0 saturated carbocycles. The van der Waals surface area contributed by atoms with Gasteiger partial charge in [-0.15, -0.1) is 0 Å². The van der Waals surface area contributed by atoms with E-state index in [-0.39, 0.29) is 30.6 Å². The van der Waals surface area contributed by atoms with Gasteiger partial charge in [0.25, 0.3) is 5.91 Å². The van der Waals surface area contributed by atoms with Gasteiger partial charge in [0, 0.05) is 18.2 Å². The summed E-state index contributed by atoms with van der Waals surface area (Å²) in [5, 5.41) is 14.6. The summed E-state index contributed by atoms with van der Waals surface area (Å²) in [4.78, 5) is 36.4. The van der Waals surface area contributed by atoms with Crippen LogP contribution in [-0.2, 0) is 9.59 Å². The van der Waals surface area contributed by atoms with E-state index in [0.29, 0.717) is 17.1 Å². The molecule has 8 heteroatoms. The largest absolute Gasteiger partial charge is 0.340 e. The highest BCUT2D eigenvalue weighted by Crippen LogP contribution is 2.19. The first-order valence-electron chi connectivity index (χ1n) is 7.55. The second kappa shape index (κ2) is 6.53. The summed E-state index contributed by atoms with van der Waals surface area (Å²) in [5.74, 6) is -0.515. The molecule has 3 amide bonds. The summed E-state index contributed by atoms with van der Waals surface area (Å²) in [5.41, 5.74) is 1.71. The molecule has 124 valence electrons. The number of carbonyl (C=O) groups is 3. The summed E-state index contributed by atoms with van der Waals surface area (Å²) < 4.78 is 0. The molecular weight excluding hydrogens is 310 g/mol. The first-order chi connectivity index (χ1) is 11.5. The number of aromatic amines is 1. The maximum absolute atomic E-state index is 12.2. The second-order valence-electron chi connectivity index (χ2n) is 5.58. The molecule has 1 atom stereocenters. The first-order valence-corrected chi connectivity index (χ1v) is 7.55. The Morgan fingerprint density at radius 1 is 1.29 bits per heavy atom. The number of nitrogens with zero attached hydrogens (tertiary/aromatic N) is 1. The van der Waals surface area contributed by atoms with Gasteiger partial charge in [0.1, 0.15) is 6.04 Å². The summed E-state index contributed by atoms with van der Waals surface area (Å²) >= 11 is 0. The number of aromatic nitrogens is 2. The number of anilines is 2. The summed E-state index contributed by atoms with van der Waals surface area (Å²) in [6.45, 7) is 1.83. The van der Waals surface area contributed by atoms with Crippen molar-refractivity contribution in [2.75, 3.05) is 10.6 Å². The number of hydrogen-bond donors (Lipinski definition) is 4. The topological polar surface area (TPSA) is 116 Å². The maximum atomic E-state index is 12.2. The van der Waals surface area contributed by atoms with E-state index in [1.54, 1.807) is 30.3 Å². The van der Waals surface area contributed by atoms with Crippen LogP contribution < -0.4 is 16.0 Å². The van der Waals surface area contributed by atoms with E-state index in [1.165, 1.54) is 0 Å². The minimum absolute atomic E-state index is 0.0839. The third kappa shape index (κ3) is 3.43. The van der Waals surface area contributed by atoms with Gasteiger partial charge in [0.05, 0.1) is 11.3 Å². The molecule has 0 saturated heterocycles. The fraction of sp³-hybridized carbons (Fsp3) is 0.250. The second-order valence-corrected chi connectivity index (χ2v) is 5.58. The lowest BCUT2D eigenvalue weighted by molar-refractivity contribution is -0.118. The van der Waals surface area contributed by atoms with Crippen molar-refractivity contribution >= 4 is 29.2 Å². The van der Waals surface area contributed by atoms with Crippen molar-refractivity contribution in [3.8, 4) is 0 Å². The summed E-state index contributed by atoms with van der Waals surface area (Å²) in [6.07, 6.45) is 0.279. The van der Waals surface area contributed by atoms with Gasteiger partial charge >= 0.3 is 0 Å². The first kappa shape index (κ1) is 15.7. The number of benzene rings is 1. The van der Waals surface area contributed by atoms with Crippen molar-refractivity contribution in [1.82, 2.24) is 15.5 Å². The van der Waals surface area contributed by atoms with E-state index < -0.39 is 6.04 Å². The zero-order valence-corrected chi connectivity index (χ0v) is 13.1. The number of hydrogen-bond acceptors (Lipinski definition) is 4. The fourth-order valence-corrected chi connectivity index (χ4v) is 2.48. The Bertz CT molecular complexity index is 799. The lowest BCUT2D eigenvalue weighted by Gasteiger charge is -2.13. The number of amides is 3. The van der Waals surface area contributed by atoms with Gasteiger partial charge in [-0.25, -0.2) is 0 Å². The molecular formula is C16H17N5O3. The Morgan fingerprint density at radius 3 is 2.83 bits per heavy atom. The van der Waals surface area contributed by atoms with Gasteiger partial charge < -0.3 is 16.0 Å². The molecule has 1 aliphatic rings. The van der Waals surface area contributed by atoms with Gasteiger partial charge in [-0.1, -0.05) is 12.1 Å². The van der Waals surface area contributed by atoms with Gasteiger partial charge in [0.15, 0.2) is 5.82 Å². The average Bonchev–Trinajstić information content (AvgIpc) is 2.91. The minimum Gasteiger partial charge on any atom is -0.340 e. The summed E-state index contributed by atoms with van der Waals surface area (Å²) in [7, 11) is 0. The van der Waals surface area contributed by atoms with E-state index in [9.17, 15) is 14.4 Å². The van der Waals surface area contributed by atoms with Crippen molar-refractivity contribution in [2.45, 2.75) is 25.8 Å². The standard InChI is InChI=1S/C16H17N5O3/c1-9-8-13(21-20-9)19-14(22)7-6-12-16(24)17-11-5-3-2-4-10(11)15(23)18-12/h2-5,8,12H,6-7H2,1H3,(H,17,24)(H,18,23)(H2,19,20,21,22). The van der Waals surface area contributed by atoms with Crippen LogP contribution in [0.25, 0.3) is 0 Å². The van der Waals surface area contributed by atoms with Crippen molar-refractivity contribution in [3.63, 3.8) is 0 Å². The highest BCUT2D eigenvalue weighted by atomic mass is 16.2. The van der Waals surface area contributed by atoms with E-state index in [0.717, 1.165) is 5.69 Å². The van der Waals surface area contributed by atoms with Crippen LogP contribution in [0.2, 0.25) is 0 Å². The maximum Gasteiger partial charge on any atom is 0.254 e. The molecule has 1 unspecified atom stereocenters. The zero-order valence-electron chi connectivity index (χ0n) is 13.1.